The highest BCUT2D eigenvalue weighted by Gasteiger charge is 2.31. The fraction of sp³-hybridized carbons (Fsp3) is 0.733. The maximum atomic E-state index is 12.0. The second-order valence-electron chi connectivity index (χ2n) is 5.72. The lowest BCUT2D eigenvalue weighted by molar-refractivity contribution is -0.137. The van der Waals surface area contributed by atoms with Gasteiger partial charge >= 0.3 is 5.97 Å². The number of hydrogen-bond acceptors (Lipinski definition) is 2. The van der Waals surface area contributed by atoms with Gasteiger partial charge in [0, 0.05) is 26.9 Å². The molecule has 0 saturated heterocycles. The topological polar surface area (TPSA) is 57.6 Å². The number of unbranched alkanes of at least 4 members (excludes halogenated alkanes) is 1. The number of aliphatic carboxylic acids is 1. The first kappa shape index (κ1) is 15.7. The molecule has 108 valence electrons. The van der Waals surface area contributed by atoms with E-state index in [0.717, 1.165) is 32.1 Å². The SMILES string of the molecule is CN(C)C(=O)C[C@@]1(CCCCC(=O)O)C=CCCC1. The van der Waals surface area contributed by atoms with E-state index in [0.29, 0.717) is 12.8 Å². The Kier molecular flexibility index (Phi) is 6.06. The molecule has 4 nitrogen and oxygen atoms in total. The zero-order valence-electron chi connectivity index (χ0n) is 12.0. The third-order valence-electron chi connectivity index (χ3n) is 3.83. The maximum absolute atomic E-state index is 12.0. The number of hydrogen-bond donors (Lipinski definition) is 1. The largest absolute Gasteiger partial charge is 0.481 e. The summed E-state index contributed by atoms with van der Waals surface area (Å²) in [6, 6.07) is 0. The van der Waals surface area contributed by atoms with Crippen LogP contribution in [0.2, 0.25) is 0 Å². The zero-order valence-corrected chi connectivity index (χ0v) is 12.0. The number of carboxylic acid groups (broad SMARTS) is 1. The van der Waals surface area contributed by atoms with Gasteiger partial charge in [-0.1, -0.05) is 18.6 Å². The van der Waals surface area contributed by atoms with Crippen molar-refractivity contribution in [2.45, 2.75) is 51.4 Å². The fourth-order valence-electron chi connectivity index (χ4n) is 2.65. The summed E-state index contributed by atoms with van der Waals surface area (Å²) >= 11 is 0. The van der Waals surface area contributed by atoms with E-state index in [1.807, 2.05) is 0 Å². The molecule has 1 rings (SSSR count). The molecule has 1 atom stereocenters. The lowest BCUT2D eigenvalue weighted by Crippen LogP contribution is -2.31. The monoisotopic (exact) mass is 267 g/mol. The highest BCUT2D eigenvalue weighted by atomic mass is 16.4. The minimum Gasteiger partial charge on any atom is -0.481 e. The highest BCUT2D eigenvalue weighted by molar-refractivity contribution is 5.76. The van der Waals surface area contributed by atoms with Crippen LogP contribution in [0.5, 0.6) is 0 Å². The van der Waals surface area contributed by atoms with E-state index in [9.17, 15) is 9.59 Å². The van der Waals surface area contributed by atoms with Gasteiger partial charge < -0.3 is 10.0 Å². The minimum atomic E-state index is -0.738. The summed E-state index contributed by atoms with van der Waals surface area (Å²) in [5, 5.41) is 8.66. The van der Waals surface area contributed by atoms with E-state index in [1.54, 1.807) is 19.0 Å². The summed E-state index contributed by atoms with van der Waals surface area (Å²) in [4.78, 5) is 24.1. The van der Waals surface area contributed by atoms with Crippen molar-refractivity contribution >= 4 is 11.9 Å². The molecular formula is C15H25NO3. The van der Waals surface area contributed by atoms with Crippen LogP contribution in [0.4, 0.5) is 0 Å². The number of carbonyl (C=O) groups is 2. The number of nitrogens with zero attached hydrogens (tertiary/aromatic N) is 1. The predicted molar refractivity (Wildman–Crippen MR) is 74.8 cm³/mol. The van der Waals surface area contributed by atoms with Crippen LogP contribution in [0.1, 0.15) is 51.4 Å². The smallest absolute Gasteiger partial charge is 0.303 e. The number of rotatable bonds is 7. The number of carboxylic acids is 1. The molecule has 1 aliphatic rings. The number of allylic oxidation sites excluding steroid dienone is 2. The van der Waals surface area contributed by atoms with Gasteiger partial charge in [-0.3, -0.25) is 9.59 Å². The van der Waals surface area contributed by atoms with Gasteiger partial charge in [0.25, 0.3) is 0 Å². The molecule has 0 spiro atoms. The first-order chi connectivity index (χ1) is 8.95. The van der Waals surface area contributed by atoms with Crippen molar-refractivity contribution in [3.63, 3.8) is 0 Å². The second kappa shape index (κ2) is 7.31. The highest BCUT2D eigenvalue weighted by Crippen LogP contribution is 2.39. The lowest BCUT2D eigenvalue weighted by Gasteiger charge is -2.33. The Bertz CT molecular complexity index is 349. The number of amides is 1. The van der Waals surface area contributed by atoms with Crippen LogP contribution in [0.25, 0.3) is 0 Å². The van der Waals surface area contributed by atoms with Gasteiger partial charge in [0.05, 0.1) is 0 Å². The third kappa shape index (κ3) is 5.45. The van der Waals surface area contributed by atoms with Crippen LogP contribution < -0.4 is 0 Å². The van der Waals surface area contributed by atoms with Gasteiger partial charge in [-0.05, 0) is 37.5 Å². The van der Waals surface area contributed by atoms with E-state index in [4.69, 9.17) is 5.11 Å². The van der Waals surface area contributed by atoms with Gasteiger partial charge in [0.15, 0.2) is 0 Å². The molecule has 0 aromatic heterocycles. The van der Waals surface area contributed by atoms with Gasteiger partial charge in [-0.15, -0.1) is 0 Å². The quantitative estimate of drug-likeness (QED) is 0.570. The van der Waals surface area contributed by atoms with Crippen molar-refractivity contribution in [2.75, 3.05) is 14.1 Å². The predicted octanol–water partition coefficient (Wildman–Crippen LogP) is 2.84. The first-order valence-electron chi connectivity index (χ1n) is 7.05. The van der Waals surface area contributed by atoms with Gasteiger partial charge in [-0.2, -0.15) is 0 Å². The summed E-state index contributed by atoms with van der Waals surface area (Å²) < 4.78 is 0. The van der Waals surface area contributed by atoms with E-state index in [-0.39, 0.29) is 17.7 Å². The molecule has 0 heterocycles. The normalized spacial score (nSPS) is 22.2. The van der Waals surface area contributed by atoms with Gasteiger partial charge in [0.1, 0.15) is 0 Å². The van der Waals surface area contributed by atoms with Crippen molar-refractivity contribution in [1.82, 2.24) is 4.90 Å². The number of carbonyl (C=O) groups excluding carboxylic acids is 1. The summed E-state index contributed by atoms with van der Waals surface area (Å²) in [5.74, 6) is -0.581. The van der Waals surface area contributed by atoms with Gasteiger partial charge in [-0.25, -0.2) is 0 Å². The Labute approximate surface area is 115 Å². The lowest BCUT2D eigenvalue weighted by atomic mass is 9.72. The van der Waals surface area contributed by atoms with E-state index < -0.39 is 5.97 Å². The standard InChI is InChI=1S/C15H25NO3/c1-16(2)13(17)12-15(9-5-3-6-10-15)11-7-4-8-14(18)19/h5,9H,3-4,6-8,10-12H2,1-2H3,(H,18,19)/t15-/m0/s1. The van der Waals surface area contributed by atoms with Crippen LogP contribution in [0.15, 0.2) is 12.2 Å². The van der Waals surface area contributed by atoms with Crippen molar-refractivity contribution in [2.24, 2.45) is 5.41 Å². The van der Waals surface area contributed by atoms with Crippen molar-refractivity contribution in [3.05, 3.63) is 12.2 Å². The fourth-order valence-corrected chi connectivity index (χ4v) is 2.65. The Morgan fingerprint density at radius 1 is 1.32 bits per heavy atom. The molecule has 4 heteroatoms. The van der Waals surface area contributed by atoms with Crippen LogP contribution in [-0.4, -0.2) is 36.0 Å². The van der Waals surface area contributed by atoms with E-state index in [1.165, 1.54) is 0 Å². The molecule has 0 fully saturated rings. The van der Waals surface area contributed by atoms with E-state index in [2.05, 4.69) is 12.2 Å². The molecule has 0 saturated carbocycles. The van der Waals surface area contributed by atoms with Crippen molar-refractivity contribution in [3.8, 4) is 0 Å². The molecule has 0 bridgehead atoms. The second-order valence-corrected chi connectivity index (χ2v) is 5.72. The van der Waals surface area contributed by atoms with Crippen molar-refractivity contribution < 1.29 is 14.7 Å². The van der Waals surface area contributed by atoms with Crippen molar-refractivity contribution in [1.29, 1.82) is 0 Å². The average molecular weight is 267 g/mol. The molecule has 0 radical (unpaired) electrons. The molecule has 0 unspecified atom stereocenters. The molecule has 1 N–H and O–H groups in total. The Morgan fingerprint density at radius 3 is 2.58 bits per heavy atom. The average Bonchev–Trinajstić information content (AvgIpc) is 2.35. The van der Waals surface area contributed by atoms with E-state index >= 15 is 0 Å². The van der Waals surface area contributed by atoms with Crippen LogP contribution >= 0.6 is 0 Å². The molecule has 0 aromatic rings. The summed E-state index contributed by atoms with van der Waals surface area (Å²) in [7, 11) is 3.57. The molecule has 19 heavy (non-hydrogen) atoms. The third-order valence-corrected chi connectivity index (χ3v) is 3.83. The summed E-state index contributed by atoms with van der Waals surface area (Å²) in [6.07, 6.45) is 10.9. The maximum Gasteiger partial charge on any atom is 0.303 e. The Balaban J connectivity index is 2.55. The summed E-state index contributed by atoms with van der Waals surface area (Å²) in [6.45, 7) is 0. The summed E-state index contributed by atoms with van der Waals surface area (Å²) in [5.41, 5.74) is -0.0435. The molecule has 1 amide bonds. The van der Waals surface area contributed by atoms with Crippen LogP contribution in [0, 0.1) is 5.41 Å². The van der Waals surface area contributed by atoms with Crippen LogP contribution in [0.3, 0.4) is 0 Å². The molecule has 0 aromatic carbocycles. The Hall–Kier alpha value is -1.32. The molecule has 1 aliphatic carbocycles. The Morgan fingerprint density at radius 2 is 2.05 bits per heavy atom. The van der Waals surface area contributed by atoms with Crippen LogP contribution in [-0.2, 0) is 9.59 Å². The zero-order chi connectivity index (χ0) is 14.3. The first-order valence-corrected chi connectivity index (χ1v) is 7.05. The minimum absolute atomic E-state index is 0.0435. The molecular weight excluding hydrogens is 242 g/mol. The molecule has 0 aliphatic heterocycles. The van der Waals surface area contributed by atoms with Gasteiger partial charge in [0.2, 0.25) is 5.91 Å².